The normalized spacial score (nSPS) is 16.9. The Morgan fingerprint density at radius 3 is 2.43 bits per heavy atom. The fraction of sp³-hybridized carbons (Fsp3) is 0.294. The van der Waals surface area contributed by atoms with Gasteiger partial charge in [0.25, 0.3) is 15.9 Å². The fourth-order valence-electron chi connectivity index (χ4n) is 5.35. The van der Waals surface area contributed by atoms with E-state index < -0.39 is 16.0 Å². The molecule has 2 aromatic carbocycles. The number of fused-ring (bicyclic) bond motifs is 1. The van der Waals surface area contributed by atoms with Crippen LogP contribution in [0.2, 0.25) is 0 Å². The van der Waals surface area contributed by atoms with Gasteiger partial charge in [0, 0.05) is 34.4 Å². The van der Waals surface area contributed by atoms with E-state index in [-0.39, 0.29) is 27.5 Å². The molecule has 2 aromatic heterocycles. The molecule has 10 nitrogen and oxygen atoms in total. The number of carboxylic acids is 1. The highest BCUT2D eigenvalue weighted by Crippen LogP contribution is 2.38. The molecule has 1 aliphatic carbocycles. The lowest BCUT2D eigenvalue weighted by atomic mass is 9.86. The molecule has 0 saturated heterocycles. The molecule has 1 amide bonds. The Kier molecular flexibility index (Phi) is 11.3. The Morgan fingerprint density at radius 2 is 1.80 bits per heavy atom. The number of hydrogen-bond acceptors (Lipinski definition) is 7. The Labute approximate surface area is 273 Å². The van der Waals surface area contributed by atoms with Crippen molar-refractivity contribution in [2.45, 2.75) is 59.4 Å². The van der Waals surface area contributed by atoms with Crippen molar-refractivity contribution in [3.05, 3.63) is 101 Å². The van der Waals surface area contributed by atoms with Crippen molar-refractivity contribution in [3.8, 4) is 11.4 Å². The van der Waals surface area contributed by atoms with Crippen molar-refractivity contribution in [3.63, 3.8) is 0 Å². The highest BCUT2D eigenvalue weighted by Gasteiger charge is 2.26. The van der Waals surface area contributed by atoms with Gasteiger partial charge in [-0.05, 0) is 68.2 Å². The van der Waals surface area contributed by atoms with E-state index in [1.54, 1.807) is 42.6 Å². The van der Waals surface area contributed by atoms with Crippen LogP contribution in [0.3, 0.4) is 0 Å². The topological polar surface area (TPSA) is 143 Å². The summed E-state index contributed by atoms with van der Waals surface area (Å²) in [6.07, 6.45) is 10.2. The minimum atomic E-state index is -3.89. The van der Waals surface area contributed by atoms with E-state index in [9.17, 15) is 23.1 Å². The first-order valence-electron chi connectivity index (χ1n) is 15.2. The number of carbonyl (C=O) groups is 2. The molecule has 1 fully saturated rings. The average molecular weight is 662 g/mol. The molecule has 5 rings (SSSR count). The third-order valence-electron chi connectivity index (χ3n) is 7.63. The monoisotopic (exact) mass is 661 g/mol. The van der Waals surface area contributed by atoms with Gasteiger partial charge in [0.2, 0.25) is 0 Å². The molecule has 242 valence electrons. The molecule has 12 heteroatoms. The molecule has 0 bridgehead atoms. The van der Waals surface area contributed by atoms with E-state index in [4.69, 9.17) is 4.98 Å². The summed E-state index contributed by atoms with van der Waals surface area (Å²) in [5.41, 5.74) is 3.31. The zero-order chi connectivity index (χ0) is 33.4. The number of anilines is 1. The summed E-state index contributed by atoms with van der Waals surface area (Å²) >= 11 is 1.15. The van der Waals surface area contributed by atoms with Crippen LogP contribution in [0.4, 0.5) is 5.13 Å². The molecular formula is C34H39N5O5S2. The number of rotatable bonds is 10. The second kappa shape index (κ2) is 15.2. The number of imidazole rings is 1. The number of sulfonamides is 1. The van der Waals surface area contributed by atoms with Crippen LogP contribution in [0.5, 0.6) is 0 Å². The van der Waals surface area contributed by atoms with Crippen molar-refractivity contribution < 1.29 is 23.1 Å². The first-order chi connectivity index (χ1) is 22.1. The van der Waals surface area contributed by atoms with Gasteiger partial charge in [-0.2, -0.15) is 0 Å². The third-order valence-corrected chi connectivity index (χ3v) is 9.74. The SMILES string of the molecule is C=C(/C=C\C(=C/C)NC(=O)c1ccc(-c2nc3cc(C(=O)O)ccc3n2C2CCCC(C)C2)cc1)S(=O)(=O)Nc1nccs1.CC. The molecule has 3 N–H and O–H groups in total. The van der Waals surface area contributed by atoms with Gasteiger partial charge in [-0.1, -0.05) is 58.4 Å². The number of nitrogens with zero attached hydrogens (tertiary/aromatic N) is 3. The molecule has 2 heterocycles. The molecule has 0 aliphatic heterocycles. The number of allylic oxidation sites excluding steroid dienone is 3. The van der Waals surface area contributed by atoms with E-state index in [0.717, 1.165) is 47.5 Å². The maximum absolute atomic E-state index is 13.1. The van der Waals surface area contributed by atoms with Crippen LogP contribution in [0.1, 0.15) is 80.1 Å². The summed E-state index contributed by atoms with van der Waals surface area (Å²) in [5, 5.41) is 14.2. The molecular weight excluding hydrogens is 623 g/mol. The second-order valence-electron chi connectivity index (χ2n) is 10.8. The number of aromatic carboxylic acids is 1. The van der Waals surface area contributed by atoms with Gasteiger partial charge >= 0.3 is 5.97 Å². The Hall–Kier alpha value is -4.55. The quantitative estimate of drug-likeness (QED) is 0.147. The largest absolute Gasteiger partial charge is 0.478 e. The van der Waals surface area contributed by atoms with Crippen molar-refractivity contribution >= 4 is 49.4 Å². The van der Waals surface area contributed by atoms with Crippen LogP contribution in [0.15, 0.2) is 89.5 Å². The molecule has 0 radical (unpaired) electrons. The predicted octanol–water partition coefficient (Wildman–Crippen LogP) is 7.78. The molecule has 0 spiro atoms. The number of benzene rings is 2. The van der Waals surface area contributed by atoms with Crippen molar-refractivity contribution in [1.82, 2.24) is 19.9 Å². The highest BCUT2D eigenvalue weighted by molar-refractivity contribution is 7.96. The van der Waals surface area contributed by atoms with E-state index >= 15 is 0 Å². The van der Waals surface area contributed by atoms with Crippen LogP contribution >= 0.6 is 11.3 Å². The summed E-state index contributed by atoms with van der Waals surface area (Å²) in [6.45, 7) is 11.6. The highest BCUT2D eigenvalue weighted by atomic mass is 32.2. The summed E-state index contributed by atoms with van der Waals surface area (Å²) in [5.74, 6) is -0.0655. The smallest absolute Gasteiger partial charge is 0.335 e. The van der Waals surface area contributed by atoms with Gasteiger partial charge in [-0.15, -0.1) is 11.3 Å². The zero-order valence-corrected chi connectivity index (χ0v) is 28.0. The van der Waals surface area contributed by atoms with Crippen LogP contribution < -0.4 is 10.0 Å². The molecule has 4 aromatic rings. The van der Waals surface area contributed by atoms with E-state index in [1.165, 1.54) is 24.8 Å². The molecule has 2 atom stereocenters. The van der Waals surface area contributed by atoms with Gasteiger partial charge in [-0.25, -0.2) is 23.2 Å². The lowest BCUT2D eigenvalue weighted by Gasteiger charge is -2.29. The third kappa shape index (κ3) is 7.99. The molecule has 1 aliphatic rings. The summed E-state index contributed by atoms with van der Waals surface area (Å²) in [6, 6.07) is 12.4. The number of aromatic nitrogens is 3. The Bertz CT molecular complexity index is 1870. The molecule has 2 unspecified atom stereocenters. The van der Waals surface area contributed by atoms with Crippen LogP contribution in [-0.2, 0) is 10.0 Å². The van der Waals surface area contributed by atoms with E-state index in [0.29, 0.717) is 22.7 Å². The van der Waals surface area contributed by atoms with Gasteiger partial charge in [0.05, 0.1) is 21.5 Å². The Morgan fingerprint density at radius 1 is 1.09 bits per heavy atom. The summed E-state index contributed by atoms with van der Waals surface area (Å²) in [7, 11) is -3.89. The van der Waals surface area contributed by atoms with Crippen LogP contribution in [0, 0.1) is 5.92 Å². The van der Waals surface area contributed by atoms with Gasteiger partial charge < -0.3 is 15.0 Å². The Balaban J connectivity index is 0.00000235. The van der Waals surface area contributed by atoms with Crippen molar-refractivity contribution in [2.75, 3.05) is 4.72 Å². The fourth-order valence-corrected chi connectivity index (χ4v) is 6.91. The summed E-state index contributed by atoms with van der Waals surface area (Å²) < 4.78 is 29.6. The minimum absolute atomic E-state index is 0.184. The number of amides is 1. The van der Waals surface area contributed by atoms with Crippen molar-refractivity contribution in [2.24, 2.45) is 5.92 Å². The van der Waals surface area contributed by atoms with E-state index in [2.05, 4.69) is 33.1 Å². The predicted molar refractivity (Wildman–Crippen MR) is 184 cm³/mol. The number of hydrogen-bond donors (Lipinski definition) is 3. The first kappa shape index (κ1) is 34.3. The lowest BCUT2D eigenvalue weighted by Crippen LogP contribution is -2.22. The van der Waals surface area contributed by atoms with Crippen molar-refractivity contribution in [1.29, 1.82) is 0 Å². The van der Waals surface area contributed by atoms with Crippen LogP contribution in [-0.4, -0.2) is 39.9 Å². The molecule has 46 heavy (non-hydrogen) atoms. The first-order valence-corrected chi connectivity index (χ1v) is 17.5. The maximum Gasteiger partial charge on any atom is 0.335 e. The van der Waals surface area contributed by atoms with Gasteiger partial charge in [-0.3, -0.25) is 9.52 Å². The second-order valence-corrected chi connectivity index (χ2v) is 13.4. The number of carbonyl (C=O) groups excluding carboxylic acids is 1. The standard InChI is InChI=1S/C32H33N5O5S2.C2H6/c1-4-25(14-8-21(3)44(41,42)36-32-33-16-17-43-32)34-30(38)23-11-9-22(10-12-23)29-35-27-19-24(31(39)40)13-15-28(27)37(29)26-7-5-6-20(2)18-26;1-2/h4,8-17,19-20,26H,3,5-7,18H2,1-2H3,(H,33,36)(H,34,38)(H,39,40);1-2H3/b14-8-,25-4+;. The number of thiazole rings is 1. The lowest BCUT2D eigenvalue weighted by molar-refractivity contribution is 0.0696. The molecule has 1 saturated carbocycles. The number of nitrogens with one attached hydrogen (secondary N) is 2. The number of carboxylic acid groups (broad SMARTS) is 1. The summed E-state index contributed by atoms with van der Waals surface area (Å²) in [4.78, 5) is 33.3. The van der Waals surface area contributed by atoms with Crippen LogP contribution in [0.25, 0.3) is 22.4 Å². The maximum atomic E-state index is 13.1. The zero-order valence-electron chi connectivity index (χ0n) is 26.4. The van der Waals surface area contributed by atoms with Gasteiger partial charge in [0.15, 0.2) is 5.13 Å². The minimum Gasteiger partial charge on any atom is -0.478 e. The van der Waals surface area contributed by atoms with Gasteiger partial charge in [0.1, 0.15) is 5.82 Å². The van der Waals surface area contributed by atoms with E-state index in [1.807, 2.05) is 32.0 Å². The average Bonchev–Trinajstić information content (AvgIpc) is 3.70.